The third-order valence-corrected chi connectivity index (χ3v) is 7.51. The largest absolute Gasteiger partial charge is 0.461 e. The van der Waals surface area contributed by atoms with Crippen LogP contribution in [0.1, 0.15) is 60.8 Å². The van der Waals surface area contributed by atoms with Crippen LogP contribution in [0.4, 0.5) is 0 Å². The molecule has 3 aliphatic heterocycles. The highest BCUT2D eigenvalue weighted by Crippen LogP contribution is 2.24. The maximum absolute atomic E-state index is 13.0. The molecule has 3 unspecified atom stereocenters. The van der Waals surface area contributed by atoms with Crippen molar-refractivity contribution in [1.82, 2.24) is 14.7 Å². The Balaban J connectivity index is 1.60. The van der Waals surface area contributed by atoms with Crippen molar-refractivity contribution in [2.75, 3.05) is 52.5 Å². The van der Waals surface area contributed by atoms with Crippen molar-refractivity contribution >= 4 is 35.6 Å². The first-order valence-electron chi connectivity index (χ1n) is 15.1. The summed E-state index contributed by atoms with van der Waals surface area (Å²) in [6, 6.07) is 0. The highest BCUT2D eigenvalue weighted by atomic mass is 16.6. The van der Waals surface area contributed by atoms with Crippen LogP contribution in [0.5, 0.6) is 0 Å². The van der Waals surface area contributed by atoms with Gasteiger partial charge >= 0.3 is 17.9 Å². The van der Waals surface area contributed by atoms with E-state index in [4.69, 9.17) is 14.2 Å². The van der Waals surface area contributed by atoms with Gasteiger partial charge in [0.1, 0.15) is 13.2 Å². The van der Waals surface area contributed by atoms with Crippen LogP contribution in [0, 0.1) is 35.5 Å². The zero-order valence-electron chi connectivity index (χ0n) is 25.8. The molecule has 0 spiro atoms. The maximum Gasteiger partial charge on any atom is 0.311 e. The normalized spacial score (nSPS) is 23.5. The summed E-state index contributed by atoms with van der Waals surface area (Å²) in [4.78, 5) is 80.6. The monoisotopic (exact) mass is 593 g/mol. The van der Waals surface area contributed by atoms with Gasteiger partial charge in [0.2, 0.25) is 17.7 Å². The number of esters is 3. The average Bonchev–Trinajstić information content (AvgIpc) is 3.56. The van der Waals surface area contributed by atoms with Gasteiger partial charge in [-0.05, 0) is 17.8 Å². The zero-order valence-corrected chi connectivity index (χ0v) is 25.8. The number of carbonyl (C=O) groups excluding carboxylic acids is 6. The van der Waals surface area contributed by atoms with Crippen LogP contribution in [0.2, 0.25) is 0 Å². The fourth-order valence-corrected chi connectivity index (χ4v) is 5.60. The van der Waals surface area contributed by atoms with Gasteiger partial charge in [-0.3, -0.25) is 28.8 Å². The molecule has 3 rings (SSSR count). The summed E-state index contributed by atoms with van der Waals surface area (Å²) in [6.45, 7) is 13.6. The second kappa shape index (κ2) is 14.8. The van der Waals surface area contributed by atoms with Gasteiger partial charge in [-0.2, -0.15) is 0 Å². The number of ether oxygens (including phenoxy) is 3. The summed E-state index contributed by atoms with van der Waals surface area (Å²) in [5.41, 5.74) is 0. The van der Waals surface area contributed by atoms with Crippen molar-refractivity contribution in [1.29, 1.82) is 0 Å². The van der Waals surface area contributed by atoms with Crippen LogP contribution in [-0.2, 0) is 43.0 Å². The van der Waals surface area contributed by atoms with Crippen molar-refractivity contribution in [3.05, 3.63) is 0 Å². The lowest BCUT2D eigenvalue weighted by Crippen LogP contribution is -2.36. The predicted molar refractivity (Wildman–Crippen MR) is 150 cm³/mol. The van der Waals surface area contributed by atoms with E-state index >= 15 is 0 Å². The number of nitrogens with zero attached hydrogens (tertiary/aromatic N) is 3. The molecule has 12 heteroatoms. The Morgan fingerprint density at radius 1 is 0.595 bits per heavy atom. The number of hydrogen-bond acceptors (Lipinski definition) is 9. The van der Waals surface area contributed by atoms with Crippen molar-refractivity contribution in [3.63, 3.8) is 0 Å². The summed E-state index contributed by atoms with van der Waals surface area (Å²) >= 11 is 0. The summed E-state index contributed by atoms with van der Waals surface area (Å²) in [6.07, 6.45) is -0.997. The summed E-state index contributed by atoms with van der Waals surface area (Å²) in [7, 11) is 0. The first-order chi connectivity index (χ1) is 19.7. The number of carbonyl (C=O) groups is 6. The SMILES string of the molecule is CC(C)CN1CC(C(=O)OCC(COC(=O)C2CC(=O)N(CC(C)C)C2)OC(=O)C2CC(=O)N(CC(C)C)C2)CC1=O. The molecule has 12 nitrogen and oxygen atoms in total. The van der Waals surface area contributed by atoms with Crippen molar-refractivity contribution in [2.24, 2.45) is 35.5 Å². The number of likely N-dealkylation sites (tertiary alicyclic amines) is 3. The Hall–Kier alpha value is -3.18. The molecule has 0 aromatic carbocycles. The van der Waals surface area contributed by atoms with E-state index in [1.54, 1.807) is 14.7 Å². The number of rotatable bonds is 14. The first kappa shape index (κ1) is 33.3. The van der Waals surface area contributed by atoms with Crippen LogP contribution in [0.3, 0.4) is 0 Å². The minimum absolute atomic E-state index is 0.0175. The van der Waals surface area contributed by atoms with E-state index in [0.717, 1.165) is 0 Å². The Labute approximate surface area is 248 Å². The van der Waals surface area contributed by atoms with Crippen LogP contribution < -0.4 is 0 Å². The Kier molecular flexibility index (Phi) is 11.8. The van der Waals surface area contributed by atoms with E-state index < -0.39 is 41.8 Å². The van der Waals surface area contributed by atoms with E-state index in [9.17, 15) is 28.8 Å². The van der Waals surface area contributed by atoms with Gasteiger partial charge in [0.15, 0.2) is 6.10 Å². The molecule has 0 bridgehead atoms. The average molecular weight is 594 g/mol. The second-order valence-electron chi connectivity index (χ2n) is 13.1. The van der Waals surface area contributed by atoms with E-state index in [2.05, 4.69) is 0 Å². The Morgan fingerprint density at radius 2 is 0.905 bits per heavy atom. The Bertz CT molecular complexity index is 973. The van der Waals surface area contributed by atoms with E-state index in [0.29, 0.717) is 19.6 Å². The molecule has 3 heterocycles. The van der Waals surface area contributed by atoms with Gasteiger partial charge in [-0.1, -0.05) is 41.5 Å². The number of amides is 3. The predicted octanol–water partition coefficient (Wildman–Crippen LogP) is 1.50. The van der Waals surface area contributed by atoms with Crippen molar-refractivity contribution in [2.45, 2.75) is 66.9 Å². The fourth-order valence-electron chi connectivity index (χ4n) is 5.60. The van der Waals surface area contributed by atoms with Crippen LogP contribution >= 0.6 is 0 Å². The van der Waals surface area contributed by atoms with E-state index in [1.807, 2.05) is 41.5 Å². The number of hydrogen-bond donors (Lipinski definition) is 0. The van der Waals surface area contributed by atoms with Gasteiger partial charge in [-0.15, -0.1) is 0 Å². The van der Waals surface area contributed by atoms with E-state index in [-0.39, 0.29) is 87.6 Å². The summed E-state index contributed by atoms with van der Waals surface area (Å²) < 4.78 is 16.5. The molecule has 42 heavy (non-hydrogen) atoms. The highest BCUT2D eigenvalue weighted by molar-refractivity contribution is 5.88. The highest BCUT2D eigenvalue weighted by Gasteiger charge is 2.39. The minimum Gasteiger partial charge on any atom is -0.461 e. The smallest absolute Gasteiger partial charge is 0.311 e. The third-order valence-electron chi connectivity index (χ3n) is 7.51. The molecule has 0 aromatic rings. The molecule has 3 saturated heterocycles. The van der Waals surface area contributed by atoms with Crippen LogP contribution in [-0.4, -0.2) is 109 Å². The third kappa shape index (κ3) is 9.42. The molecule has 0 radical (unpaired) electrons. The quantitative estimate of drug-likeness (QED) is 0.216. The summed E-state index contributed by atoms with van der Waals surface area (Å²) in [5, 5.41) is 0. The molecule has 3 aliphatic rings. The summed E-state index contributed by atoms with van der Waals surface area (Å²) in [5.74, 6) is -3.37. The van der Waals surface area contributed by atoms with Gasteiger partial charge in [0.05, 0.1) is 17.8 Å². The van der Waals surface area contributed by atoms with Crippen molar-refractivity contribution in [3.8, 4) is 0 Å². The molecule has 3 amide bonds. The molecule has 236 valence electrons. The lowest BCUT2D eigenvalue weighted by Gasteiger charge is -2.22. The van der Waals surface area contributed by atoms with Gasteiger partial charge < -0.3 is 28.9 Å². The fraction of sp³-hybridized carbons (Fsp3) is 0.800. The van der Waals surface area contributed by atoms with Gasteiger partial charge in [0.25, 0.3) is 0 Å². The molecular weight excluding hydrogens is 546 g/mol. The lowest BCUT2D eigenvalue weighted by molar-refractivity contribution is -0.171. The zero-order chi connectivity index (χ0) is 31.1. The molecule has 0 saturated carbocycles. The molecule has 0 N–H and O–H groups in total. The lowest BCUT2D eigenvalue weighted by atomic mass is 10.1. The molecule has 3 fully saturated rings. The first-order valence-corrected chi connectivity index (χ1v) is 15.1. The molecule has 0 aliphatic carbocycles. The van der Waals surface area contributed by atoms with Crippen molar-refractivity contribution < 1.29 is 43.0 Å². The van der Waals surface area contributed by atoms with Gasteiger partial charge in [0, 0.05) is 58.5 Å². The van der Waals surface area contributed by atoms with Crippen LogP contribution in [0.15, 0.2) is 0 Å². The van der Waals surface area contributed by atoms with Gasteiger partial charge in [-0.25, -0.2) is 0 Å². The topological polar surface area (TPSA) is 140 Å². The Morgan fingerprint density at radius 3 is 1.21 bits per heavy atom. The molecule has 0 aromatic heterocycles. The minimum atomic E-state index is -1.10. The standard InChI is InChI=1S/C30H47N3O9/c1-18(2)10-31-13-21(7-25(31)34)28(37)40-16-24(42-30(39)23-9-27(36)33(15-23)12-20(5)6)17-41-29(38)22-8-26(35)32(14-22)11-19(3)4/h18-24H,7-17H2,1-6H3. The second-order valence-corrected chi connectivity index (χ2v) is 13.1. The molecule has 3 atom stereocenters. The van der Waals surface area contributed by atoms with Crippen LogP contribution in [0.25, 0.3) is 0 Å². The van der Waals surface area contributed by atoms with E-state index in [1.165, 1.54) is 0 Å². The molecular formula is C30H47N3O9. The maximum atomic E-state index is 13.0.